The van der Waals surface area contributed by atoms with Gasteiger partial charge in [0.05, 0.1) is 5.69 Å². The lowest BCUT2D eigenvalue weighted by atomic mass is 10.3. The molecule has 28 heavy (non-hydrogen) atoms. The molecule has 3 heteroatoms. The van der Waals surface area contributed by atoms with Gasteiger partial charge in [0.1, 0.15) is 29.3 Å². The van der Waals surface area contributed by atoms with E-state index in [0.717, 1.165) is 17.5 Å². The quantitative estimate of drug-likeness (QED) is 0.369. The Labute approximate surface area is 178 Å². The maximum absolute atomic E-state index is 4.86. The number of rotatable bonds is 5. The van der Waals surface area contributed by atoms with Gasteiger partial charge in [-0.3, -0.25) is 4.98 Å². The topological polar surface area (TPSA) is 12.9 Å². The van der Waals surface area contributed by atoms with Crippen LogP contribution in [0.1, 0.15) is 11.4 Å². The van der Waals surface area contributed by atoms with E-state index >= 15 is 0 Å². The molecule has 0 aliphatic heterocycles. The number of aromatic nitrogens is 1. The van der Waals surface area contributed by atoms with E-state index in [0.29, 0.717) is 0 Å². The zero-order valence-electron chi connectivity index (χ0n) is 15.9. The predicted molar refractivity (Wildman–Crippen MR) is 128 cm³/mol. The molecule has 0 amide bonds. The molecule has 0 spiro atoms. The number of benzene rings is 3. The van der Waals surface area contributed by atoms with Crippen LogP contribution in [-0.2, 0) is 6.16 Å². The van der Waals surface area contributed by atoms with E-state index in [2.05, 4.69) is 116 Å². The Kier molecular flexibility index (Phi) is 6.78. The van der Waals surface area contributed by atoms with Crippen molar-refractivity contribution >= 4 is 40.2 Å². The first-order chi connectivity index (χ1) is 13.3. The first-order valence-corrected chi connectivity index (χ1v) is 11.2. The van der Waals surface area contributed by atoms with Crippen LogP contribution in [0.4, 0.5) is 0 Å². The molecule has 1 aromatic heterocycles. The average Bonchev–Trinajstić information content (AvgIpc) is 2.74. The number of pyridine rings is 1. The third kappa shape index (κ3) is 4.09. The fourth-order valence-electron chi connectivity index (χ4n) is 3.70. The first kappa shape index (κ1) is 20.5. The normalized spacial score (nSPS) is 10.9. The van der Waals surface area contributed by atoms with Gasteiger partial charge in [0.15, 0.2) is 0 Å². The molecule has 1 nitrogen and oxygen atoms in total. The van der Waals surface area contributed by atoms with Crippen LogP contribution in [0, 0.1) is 6.92 Å². The standard InChI is InChI=1S/C25H23NP.BrH/c1-21-12-11-13-22(26-21)20-27(23-14-5-2-6-15-23,24-16-7-3-8-17-24)25-18-9-4-10-19-25;/h2-19H,20H2,1H3;1H/q+1;. The molecule has 0 radical (unpaired) electrons. The van der Waals surface area contributed by atoms with Crippen molar-refractivity contribution < 1.29 is 0 Å². The first-order valence-electron chi connectivity index (χ1n) is 9.26. The fourth-order valence-corrected chi connectivity index (χ4v) is 7.85. The Bertz CT molecular complexity index is 907. The van der Waals surface area contributed by atoms with E-state index < -0.39 is 7.26 Å². The van der Waals surface area contributed by atoms with Gasteiger partial charge in [-0.25, -0.2) is 0 Å². The summed E-state index contributed by atoms with van der Waals surface area (Å²) in [6, 6.07) is 39.2. The Morgan fingerprint density at radius 2 is 1.00 bits per heavy atom. The molecule has 1 heterocycles. The molecular weight excluding hydrogens is 425 g/mol. The fraction of sp³-hybridized carbons (Fsp3) is 0.0800. The summed E-state index contributed by atoms with van der Waals surface area (Å²) in [5.74, 6) is 0. The zero-order chi connectivity index (χ0) is 18.5. The predicted octanol–water partition coefficient (Wildman–Crippen LogP) is 5.46. The molecular formula is C25H24BrNP+. The second-order valence-corrected chi connectivity index (χ2v) is 10.2. The van der Waals surface area contributed by atoms with Crippen LogP contribution in [-0.4, -0.2) is 4.98 Å². The molecule has 4 rings (SSSR count). The molecule has 0 aliphatic rings. The summed E-state index contributed by atoms with van der Waals surface area (Å²) in [6.07, 6.45) is 0.923. The largest absolute Gasteiger partial charge is 0.254 e. The van der Waals surface area contributed by atoms with Gasteiger partial charge in [-0.2, -0.15) is 0 Å². The molecule has 0 bridgehead atoms. The van der Waals surface area contributed by atoms with Crippen LogP contribution < -0.4 is 15.9 Å². The smallest absolute Gasteiger partial charge is 0.118 e. The van der Waals surface area contributed by atoms with Crippen molar-refractivity contribution in [2.45, 2.75) is 13.1 Å². The maximum atomic E-state index is 4.86. The molecule has 0 aliphatic carbocycles. The second-order valence-electron chi connectivity index (χ2n) is 6.74. The summed E-state index contributed by atoms with van der Waals surface area (Å²) in [5.41, 5.74) is 2.22. The molecule has 0 fully saturated rings. The van der Waals surface area contributed by atoms with Gasteiger partial charge >= 0.3 is 0 Å². The number of nitrogens with zero attached hydrogens (tertiary/aromatic N) is 1. The van der Waals surface area contributed by atoms with Gasteiger partial charge in [0, 0.05) is 5.69 Å². The minimum atomic E-state index is -1.86. The van der Waals surface area contributed by atoms with Crippen LogP contribution in [0.2, 0.25) is 0 Å². The second kappa shape index (κ2) is 9.28. The minimum Gasteiger partial charge on any atom is -0.254 e. The van der Waals surface area contributed by atoms with E-state index in [1.165, 1.54) is 15.9 Å². The molecule has 0 saturated heterocycles. The third-order valence-corrected chi connectivity index (χ3v) is 9.27. The Hall–Kier alpha value is -2.28. The molecule has 140 valence electrons. The molecule has 0 N–H and O–H groups in total. The Morgan fingerprint density at radius 1 is 0.571 bits per heavy atom. The molecule has 0 atom stereocenters. The van der Waals surface area contributed by atoms with Gasteiger partial charge in [-0.15, -0.1) is 17.0 Å². The lowest BCUT2D eigenvalue weighted by molar-refractivity contribution is 1.10. The van der Waals surface area contributed by atoms with E-state index in [4.69, 9.17) is 4.98 Å². The van der Waals surface area contributed by atoms with Crippen molar-refractivity contribution in [2.75, 3.05) is 0 Å². The van der Waals surface area contributed by atoms with Crippen molar-refractivity contribution in [1.82, 2.24) is 4.98 Å². The van der Waals surface area contributed by atoms with Crippen LogP contribution in [0.15, 0.2) is 109 Å². The summed E-state index contributed by atoms with van der Waals surface area (Å²) >= 11 is 0. The van der Waals surface area contributed by atoms with Crippen molar-refractivity contribution in [3.63, 3.8) is 0 Å². The highest BCUT2D eigenvalue weighted by molar-refractivity contribution is 8.93. The highest BCUT2D eigenvalue weighted by Crippen LogP contribution is 2.57. The van der Waals surface area contributed by atoms with Crippen molar-refractivity contribution in [3.05, 3.63) is 121 Å². The molecule has 3 aromatic carbocycles. The van der Waals surface area contributed by atoms with Gasteiger partial charge in [-0.05, 0) is 55.5 Å². The van der Waals surface area contributed by atoms with E-state index in [9.17, 15) is 0 Å². The number of hydrogen-bond donors (Lipinski definition) is 0. The number of hydrogen-bond acceptors (Lipinski definition) is 1. The van der Waals surface area contributed by atoms with Crippen molar-refractivity contribution in [1.29, 1.82) is 0 Å². The van der Waals surface area contributed by atoms with E-state index in [-0.39, 0.29) is 17.0 Å². The Balaban J connectivity index is 0.00000225. The lowest BCUT2D eigenvalue weighted by Gasteiger charge is -2.27. The summed E-state index contributed by atoms with van der Waals surface area (Å²) < 4.78 is 0. The maximum Gasteiger partial charge on any atom is 0.118 e. The Morgan fingerprint density at radius 3 is 1.39 bits per heavy atom. The zero-order valence-corrected chi connectivity index (χ0v) is 18.5. The van der Waals surface area contributed by atoms with Crippen LogP contribution in [0.5, 0.6) is 0 Å². The highest BCUT2D eigenvalue weighted by Gasteiger charge is 2.45. The van der Waals surface area contributed by atoms with Crippen LogP contribution in [0.25, 0.3) is 0 Å². The SMILES string of the molecule is Br.Cc1cccc(C[P+](c2ccccc2)(c2ccccc2)c2ccccc2)n1. The third-order valence-electron chi connectivity index (χ3n) is 4.94. The van der Waals surface area contributed by atoms with Gasteiger partial charge in [0.25, 0.3) is 0 Å². The van der Waals surface area contributed by atoms with Gasteiger partial charge in [-0.1, -0.05) is 60.7 Å². The molecule has 4 aromatic rings. The highest BCUT2D eigenvalue weighted by atomic mass is 79.9. The monoisotopic (exact) mass is 448 g/mol. The summed E-state index contributed by atoms with van der Waals surface area (Å²) in [7, 11) is -1.86. The summed E-state index contributed by atoms with van der Waals surface area (Å²) in [6.45, 7) is 2.07. The van der Waals surface area contributed by atoms with Crippen molar-refractivity contribution in [3.8, 4) is 0 Å². The van der Waals surface area contributed by atoms with Crippen LogP contribution in [0.3, 0.4) is 0 Å². The summed E-state index contributed by atoms with van der Waals surface area (Å²) in [5, 5.41) is 4.18. The summed E-state index contributed by atoms with van der Waals surface area (Å²) in [4.78, 5) is 4.86. The number of halogens is 1. The average molecular weight is 449 g/mol. The molecule has 0 unspecified atom stereocenters. The van der Waals surface area contributed by atoms with Crippen molar-refractivity contribution in [2.24, 2.45) is 0 Å². The van der Waals surface area contributed by atoms with E-state index in [1.54, 1.807) is 0 Å². The van der Waals surface area contributed by atoms with Gasteiger partial charge in [0.2, 0.25) is 0 Å². The van der Waals surface area contributed by atoms with Crippen LogP contribution >= 0.6 is 24.2 Å². The number of aryl methyl sites for hydroxylation is 1. The van der Waals surface area contributed by atoms with E-state index in [1.807, 2.05) is 0 Å². The lowest BCUT2D eigenvalue weighted by Crippen LogP contribution is -2.32. The van der Waals surface area contributed by atoms with Gasteiger partial charge < -0.3 is 0 Å². The minimum absolute atomic E-state index is 0. The molecule has 0 saturated carbocycles.